The van der Waals surface area contributed by atoms with Gasteiger partial charge in [-0.1, -0.05) is 90.1 Å². The minimum atomic E-state index is -0.240. The minimum absolute atomic E-state index is 0. The number of para-hydroxylation sites is 2. The molecule has 0 unspecified atom stereocenters. The molecule has 53 heavy (non-hydrogen) atoms. The average molecular weight is 870 g/mol. The van der Waals surface area contributed by atoms with Gasteiger partial charge in [0.1, 0.15) is 11.5 Å². The van der Waals surface area contributed by atoms with E-state index in [2.05, 4.69) is 157 Å². The third-order valence-corrected chi connectivity index (χ3v) is 10.2. The summed E-state index contributed by atoms with van der Waals surface area (Å²) in [5.41, 5.74) is 13.2. The number of hydrogen-bond acceptors (Lipinski definition) is 3. The zero-order valence-electron chi connectivity index (χ0n) is 33.4. The van der Waals surface area contributed by atoms with Crippen LogP contribution in [-0.4, -0.2) is 24.3 Å². The summed E-state index contributed by atoms with van der Waals surface area (Å²) in [6, 6.07) is 27.4. The van der Waals surface area contributed by atoms with Crippen molar-refractivity contribution in [1.29, 1.82) is 0 Å². The standard InChI is InChI=1S/C45H47N3O2.2CH3.Hf/c1-26-19-32(42(49)34(21-26)44(3,4)5)40-38(30-15-11-13-17-36(30)47(40)9)28-23-29(25-46-24-28)39-31-16-12-14-18-37(31)48(10)41(39)33-20-27(2)22-35(43(33)50)45(6,7)8;;;/h11-25,49-50H,1-10H3;2*1H3;/q;2*-1;. The average Bonchev–Trinajstić information content (AvgIpc) is 3.52. The van der Waals surface area contributed by atoms with Crippen LogP contribution >= 0.6 is 0 Å². The Morgan fingerprint density at radius 1 is 0.547 bits per heavy atom. The maximum Gasteiger partial charge on any atom is 0.128 e. The second-order valence-electron chi connectivity index (χ2n) is 16.0. The first-order valence-corrected chi connectivity index (χ1v) is 17.4. The first kappa shape index (κ1) is 41.3. The zero-order chi connectivity index (χ0) is 35.9. The fourth-order valence-electron chi connectivity index (χ4n) is 7.78. The fourth-order valence-corrected chi connectivity index (χ4v) is 7.78. The van der Waals surface area contributed by atoms with Crippen LogP contribution in [0, 0.1) is 28.7 Å². The van der Waals surface area contributed by atoms with Gasteiger partial charge in [0, 0.05) is 119 Å². The predicted molar refractivity (Wildman–Crippen MR) is 222 cm³/mol. The number of aromatic nitrogens is 3. The van der Waals surface area contributed by atoms with E-state index >= 15 is 0 Å². The number of aromatic hydroxyl groups is 2. The summed E-state index contributed by atoms with van der Waals surface area (Å²) in [7, 11) is 4.15. The number of aryl methyl sites for hydroxylation is 4. The zero-order valence-corrected chi connectivity index (χ0v) is 37.0. The van der Waals surface area contributed by atoms with E-state index in [4.69, 9.17) is 4.98 Å². The van der Waals surface area contributed by atoms with E-state index in [1.165, 1.54) is 0 Å². The molecule has 7 rings (SSSR count). The van der Waals surface area contributed by atoms with E-state index < -0.39 is 0 Å². The van der Waals surface area contributed by atoms with E-state index in [1.54, 1.807) is 0 Å². The normalized spacial score (nSPS) is 11.7. The third kappa shape index (κ3) is 6.91. The van der Waals surface area contributed by atoms with Gasteiger partial charge in [0.15, 0.2) is 0 Å². The summed E-state index contributed by atoms with van der Waals surface area (Å²) >= 11 is 0. The van der Waals surface area contributed by atoms with Gasteiger partial charge in [-0.3, -0.25) is 4.98 Å². The van der Waals surface area contributed by atoms with Crippen LogP contribution in [0.4, 0.5) is 0 Å². The molecule has 0 atom stereocenters. The number of nitrogens with zero attached hydrogens (tertiary/aromatic N) is 3. The van der Waals surface area contributed by atoms with Crippen molar-refractivity contribution < 1.29 is 36.1 Å². The van der Waals surface area contributed by atoms with Crippen LogP contribution in [0.3, 0.4) is 0 Å². The Bertz CT molecular complexity index is 2300. The third-order valence-electron chi connectivity index (χ3n) is 10.2. The molecule has 0 fully saturated rings. The van der Waals surface area contributed by atoms with Crippen molar-refractivity contribution in [2.75, 3.05) is 0 Å². The fraction of sp³-hybridized carbons (Fsp3) is 0.255. The molecule has 0 aliphatic heterocycles. The molecule has 5 nitrogen and oxygen atoms in total. The largest absolute Gasteiger partial charge is 0.507 e. The van der Waals surface area contributed by atoms with Crippen LogP contribution in [0.15, 0.2) is 91.3 Å². The van der Waals surface area contributed by atoms with Crippen LogP contribution in [0.5, 0.6) is 11.5 Å². The Morgan fingerprint density at radius 2 is 0.906 bits per heavy atom. The summed E-state index contributed by atoms with van der Waals surface area (Å²) < 4.78 is 4.39. The minimum Gasteiger partial charge on any atom is -0.507 e. The van der Waals surface area contributed by atoms with E-state index in [0.29, 0.717) is 11.5 Å². The van der Waals surface area contributed by atoms with Crippen LogP contribution < -0.4 is 0 Å². The summed E-state index contributed by atoms with van der Waals surface area (Å²) in [4.78, 5) is 4.89. The summed E-state index contributed by atoms with van der Waals surface area (Å²) in [6.07, 6.45) is 3.86. The molecule has 3 heterocycles. The molecule has 7 aromatic rings. The summed E-state index contributed by atoms with van der Waals surface area (Å²) in [5.74, 6) is 0.612. The molecule has 0 bridgehead atoms. The number of hydrogen-bond donors (Lipinski definition) is 2. The predicted octanol–water partition coefficient (Wildman–Crippen LogP) is 12.3. The SMILES string of the molecule is Cc1cc(-c2c(-c3cncc(-c4c(-c5cc(C)cc(C(C)(C)C)c5O)n(C)c5ccccc45)c3)c3ccccc3n2C)c(O)c(C(C)(C)C)c1.[CH3-].[CH3-].[Hf]. The quantitative estimate of drug-likeness (QED) is 0.137. The number of fused-ring (bicyclic) bond motifs is 2. The van der Waals surface area contributed by atoms with Gasteiger partial charge >= 0.3 is 0 Å². The van der Waals surface area contributed by atoms with Crippen molar-refractivity contribution in [1.82, 2.24) is 14.1 Å². The smallest absolute Gasteiger partial charge is 0.128 e. The number of phenolic OH excluding ortho intramolecular Hbond substituents is 2. The second kappa shape index (κ2) is 14.8. The van der Waals surface area contributed by atoms with E-state index in [0.717, 1.165) is 88.8 Å². The van der Waals surface area contributed by atoms with Gasteiger partial charge in [0.2, 0.25) is 0 Å². The molecule has 2 N–H and O–H groups in total. The Labute approximate surface area is 335 Å². The molecular formula is C47H53HfN3O2-2. The molecule has 0 amide bonds. The van der Waals surface area contributed by atoms with Gasteiger partial charge in [0.05, 0.1) is 11.4 Å². The first-order chi connectivity index (χ1) is 23.6. The molecule has 0 aliphatic rings. The summed E-state index contributed by atoms with van der Waals surface area (Å²) in [5, 5.41) is 26.0. The van der Waals surface area contributed by atoms with Crippen LogP contribution in [-0.2, 0) is 50.8 Å². The molecule has 274 valence electrons. The van der Waals surface area contributed by atoms with E-state index in [1.807, 2.05) is 12.4 Å². The van der Waals surface area contributed by atoms with Crippen molar-refractivity contribution in [2.24, 2.45) is 14.1 Å². The Kier molecular flexibility index (Phi) is 11.5. The molecule has 0 spiro atoms. The van der Waals surface area contributed by atoms with Crippen LogP contribution in [0.25, 0.3) is 66.6 Å². The van der Waals surface area contributed by atoms with Crippen molar-refractivity contribution in [3.8, 4) is 56.3 Å². The van der Waals surface area contributed by atoms with Crippen LogP contribution in [0.2, 0.25) is 0 Å². The molecule has 0 aliphatic carbocycles. The number of pyridine rings is 1. The Morgan fingerprint density at radius 3 is 1.26 bits per heavy atom. The van der Waals surface area contributed by atoms with Gasteiger partial charge in [-0.05, 0) is 66.1 Å². The molecular weight excluding hydrogens is 817 g/mol. The van der Waals surface area contributed by atoms with Crippen molar-refractivity contribution in [2.45, 2.75) is 66.2 Å². The maximum absolute atomic E-state index is 11.9. The van der Waals surface area contributed by atoms with Crippen molar-refractivity contribution in [3.63, 3.8) is 0 Å². The van der Waals surface area contributed by atoms with Gasteiger partial charge < -0.3 is 34.2 Å². The van der Waals surface area contributed by atoms with E-state index in [9.17, 15) is 10.2 Å². The Hall–Kier alpha value is -4.42. The number of benzene rings is 4. The van der Waals surface area contributed by atoms with Crippen molar-refractivity contribution in [3.05, 3.63) is 128 Å². The van der Waals surface area contributed by atoms with Crippen LogP contribution in [0.1, 0.15) is 63.8 Å². The first-order valence-electron chi connectivity index (χ1n) is 17.4. The molecule has 0 saturated heterocycles. The van der Waals surface area contributed by atoms with Crippen molar-refractivity contribution >= 4 is 21.8 Å². The molecule has 4 aromatic carbocycles. The van der Waals surface area contributed by atoms with Gasteiger partial charge in [-0.25, -0.2) is 0 Å². The van der Waals surface area contributed by atoms with E-state index in [-0.39, 0.29) is 51.5 Å². The Balaban J connectivity index is 0.00000209. The number of phenols is 2. The summed E-state index contributed by atoms with van der Waals surface area (Å²) in [6.45, 7) is 17.0. The second-order valence-corrected chi connectivity index (χ2v) is 16.0. The van der Waals surface area contributed by atoms with Gasteiger partial charge in [-0.15, -0.1) is 0 Å². The molecule has 3 aromatic heterocycles. The molecule has 6 heteroatoms. The monoisotopic (exact) mass is 871 g/mol. The maximum atomic E-state index is 11.9. The topological polar surface area (TPSA) is 63.2 Å². The van der Waals surface area contributed by atoms with Gasteiger partial charge in [-0.2, -0.15) is 0 Å². The molecule has 0 saturated carbocycles. The number of rotatable bonds is 4. The van der Waals surface area contributed by atoms with Gasteiger partial charge in [0.25, 0.3) is 0 Å². The molecule has 0 radical (unpaired) electrons.